The Morgan fingerprint density at radius 3 is 2.63 bits per heavy atom. The van der Waals surface area contributed by atoms with Crippen LogP contribution in [0.3, 0.4) is 0 Å². The van der Waals surface area contributed by atoms with Crippen molar-refractivity contribution in [2.45, 2.75) is 57.4 Å². The van der Waals surface area contributed by atoms with Gasteiger partial charge in [-0.2, -0.15) is 5.26 Å². The minimum atomic E-state index is -0.0132. The van der Waals surface area contributed by atoms with Gasteiger partial charge in [0, 0.05) is 23.6 Å². The minimum Gasteiger partial charge on any atom is -0.326 e. The van der Waals surface area contributed by atoms with Crippen molar-refractivity contribution >= 4 is 23.4 Å². The lowest BCUT2D eigenvalue weighted by molar-refractivity contribution is -0.115. The molecule has 1 heterocycles. The first-order valence-corrected chi connectivity index (χ1v) is 10.5. The van der Waals surface area contributed by atoms with Crippen LogP contribution in [0.15, 0.2) is 29.3 Å². The quantitative estimate of drug-likeness (QED) is 0.589. The van der Waals surface area contributed by atoms with Crippen LogP contribution < -0.4 is 5.32 Å². The van der Waals surface area contributed by atoms with Crippen LogP contribution in [0.25, 0.3) is 0 Å². The Morgan fingerprint density at radius 1 is 1.15 bits per heavy atom. The predicted molar refractivity (Wildman–Crippen MR) is 110 cm³/mol. The zero-order chi connectivity index (χ0) is 19.2. The molecule has 1 aromatic heterocycles. The number of carbonyl (C=O) groups is 1. The van der Waals surface area contributed by atoms with E-state index in [1.165, 1.54) is 30.2 Å². The van der Waals surface area contributed by atoms with E-state index in [4.69, 9.17) is 4.98 Å². The number of nitriles is 1. The van der Waals surface area contributed by atoms with Crippen LogP contribution in [0.1, 0.15) is 53.6 Å². The van der Waals surface area contributed by atoms with E-state index in [0.717, 1.165) is 46.8 Å². The van der Waals surface area contributed by atoms with E-state index in [-0.39, 0.29) is 5.91 Å². The van der Waals surface area contributed by atoms with Crippen molar-refractivity contribution in [2.75, 3.05) is 11.1 Å². The molecule has 1 amide bonds. The Morgan fingerprint density at radius 2 is 1.89 bits per heavy atom. The number of rotatable bonds is 5. The Labute approximate surface area is 165 Å². The number of carbonyl (C=O) groups excluding carboxylic acids is 1. The molecule has 0 atom stereocenters. The number of nitrogens with one attached hydrogen (secondary N) is 1. The molecule has 2 aromatic rings. The average molecular weight is 380 g/mol. The van der Waals surface area contributed by atoms with Gasteiger partial charge in [-0.05, 0) is 74.4 Å². The Balaban J connectivity index is 1.60. The molecule has 1 aromatic carbocycles. The van der Waals surface area contributed by atoms with Gasteiger partial charge in [0.05, 0.1) is 5.56 Å². The van der Waals surface area contributed by atoms with Gasteiger partial charge in [-0.15, -0.1) is 11.8 Å². The number of hydrogen-bond acceptors (Lipinski definition) is 4. The molecular weight excluding hydrogens is 354 g/mol. The molecule has 0 bridgehead atoms. The Bertz CT molecular complexity index is 866. The van der Waals surface area contributed by atoms with Crippen molar-refractivity contribution in [3.05, 3.63) is 52.2 Å². The number of pyridine rings is 1. The lowest BCUT2D eigenvalue weighted by Gasteiger charge is -2.10. The van der Waals surface area contributed by atoms with Gasteiger partial charge in [-0.3, -0.25) is 4.79 Å². The van der Waals surface area contributed by atoms with Crippen LogP contribution in [-0.2, 0) is 17.6 Å². The number of nitrogens with zero attached hydrogens (tertiary/aromatic N) is 2. The molecule has 27 heavy (non-hydrogen) atoms. The molecule has 0 radical (unpaired) electrons. The maximum Gasteiger partial charge on any atom is 0.225 e. The average Bonchev–Trinajstić information content (AvgIpc) is 2.84. The fourth-order valence-electron chi connectivity index (χ4n) is 3.49. The highest BCUT2D eigenvalue weighted by Gasteiger charge is 2.15. The summed E-state index contributed by atoms with van der Waals surface area (Å²) in [7, 11) is 0. The van der Waals surface area contributed by atoms with E-state index >= 15 is 0 Å². The summed E-state index contributed by atoms with van der Waals surface area (Å²) in [4.78, 5) is 17.0. The molecule has 5 heteroatoms. The maximum atomic E-state index is 12.2. The zero-order valence-electron chi connectivity index (χ0n) is 16.0. The number of thioether (sulfide) groups is 1. The molecule has 1 aliphatic carbocycles. The van der Waals surface area contributed by atoms with Gasteiger partial charge in [0.2, 0.25) is 5.91 Å². The molecule has 0 saturated heterocycles. The van der Waals surface area contributed by atoms with Gasteiger partial charge >= 0.3 is 0 Å². The standard InChI is InChI=1S/C22H25N3OS/c1-15-10-16(2)12-19(11-15)24-21(26)8-9-27-22-18(14-23)13-17-6-4-3-5-7-20(17)25-22/h10-13H,3-9H2,1-2H3,(H,24,26). The van der Waals surface area contributed by atoms with Crippen molar-refractivity contribution < 1.29 is 4.79 Å². The highest BCUT2D eigenvalue weighted by Crippen LogP contribution is 2.27. The van der Waals surface area contributed by atoms with Crippen molar-refractivity contribution in [1.29, 1.82) is 5.26 Å². The Hall–Kier alpha value is -2.32. The van der Waals surface area contributed by atoms with Gasteiger partial charge in [0.25, 0.3) is 0 Å². The molecular formula is C22H25N3OS. The minimum absolute atomic E-state index is 0.0132. The van der Waals surface area contributed by atoms with Crippen LogP contribution >= 0.6 is 11.8 Å². The van der Waals surface area contributed by atoms with Crippen LogP contribution in [0.2, 0.25) is 0 Å². The third kappa shape index (κ3) is 5.33. The highest BCUT2D eigenvalue weighted by molar-refractivity contribution is 7.99. The number of benzene rings is 1. The second kappa shape index (κ2) is 9.05. The van der Waals surface area contributed by atoms with Crippen molar-refractivity contribution in [3.63, 3.8) is 0 Å². The van der Waals surface area contributed by atoms with Gasteiger partial charge in [-0.1, -0.05) is 12.5 Å². The normalized spacial score (nSPS) is 13.4. The molecule has 0 spiro atoms. The first kappa shape index (κ1) is 19.4. The fraction of sp³-hybridized carbons (Fsp3) is 0.409. The van der Waals surface area contributed by atoms with E-state index in [1.807, 2.05) is 32.0 Å². The highest BCUT2D eigenvalue weighted by atomic mass is 32.2. The number of aromatic nitrogens is 1. The molecule has 0 fully saturated rings. The summed E-state index contributed by atoms with van der Waals surface area (Å²) < 4.78 is 0. The number of amides is 1. The van der Waals surface area contributed by atoms with Crippen LogP contribution in [0.4, 0.5) is 5.69 Å². The first-order chi connectivity index (χ1) is 13.0. The molecule has 0 aliphatic heterocycles. The van der Waals surface area contributed by atoms with E-state index in [0.29, 0.717) is 17.7 Å². The summed E-state index contributed by atoms with van der Waals surface area (Å²) >= 11 is 1.50. The summed E-state index contributed by atoms with van der Waals surface area (Å²) in [5.74, 6) is 0.595. The number of fused-ring (bicyclic) bond motifs is 1. The topological polar surface area (TPSA) is 65.8 Å². The molecule has 3 rings (SSSR count). The second-order valence-corrected chi connectivity index (χ2v) is 8.23. The SMILES string of the molecule is Cc1cc(C)cc(NC(=O)CCSc2nc3c(cc2C#N)CCCCC3)c1. The second-order valence-electron chi connectivity index (χ2n) is 7.14. The summed E-state index contributed by atoms with van der Waals surface area (Å²) in [5.41, 5.74) is 6.09. The van der Waals surface area contributed by atoms with E-state index in [2.05, 4.69) is 17.5 Å². The van der Waals surface area contributed by atoms with Crippen molar-refractivity contribution in [3.8, 4) is 6.07 Å². The van der Waals surface area contributed by atoms with Gasteiger partial charge in [-0.25, -0.2) is 4.98 Å². The summed E-state index contributed by atoms with van der Waals surface area (Å²) in [6.45, 7) is 4.04. The summed E-state index contributed by atoms with van der Waals surface area (Å²) in [6.07, 6.45) is 5.95. The lowest BCUT2D eigenvalue weighted by atomic mass is 10.1. The van der Waals surface area contributed by atoms with Crippen LogP contribution in [-0.4, -0.2) is 16.6 Å². The maximum absolute atomic E-state index is 12.2. The zero-order valence-corrected chi connectivity index (χ0v) is 16.8. The van der Waals surface area contributed by atoms with Crippen molar-refractivity contribution in [1.82, 2.24) is 4.98 Å². The fourth-order valence-corrected chi connectivity index (χ4v) is 4.41. The van der Waals surface area contributed by atoms with Gasteiger partial charge in [0.15, 0.2) is 0 Å². The predicted octanol–water partition coefficient (Wildman–Crippen LogP) is 4.96. The molecule has 0 unspecified atom stereocenters. The van der Waals surface area contributed by atoms with E-state index in [9.17, 15) is 10.1 Å². The van der Waals surface area contributed by atoms with E-state index in [1.54, 1.807) is 0 Å². The third-order valence-electron chi connectivity index (χ3n) is 4.71. The molecule has 1 N–H and O–H groups in total. The monoisotopic (exact) mass is 379 g/mol. The van der Waals surface area contributed by atoms with E-state index < -0.39 is 0 Å². The molecule has 1 aliphatic rings. The number of hydrogen-bond donors (Lipinski definition) is 1. The smallest absolute Gasteiger partial charge is 0.225 e. The van der Waals surface area contributed by atoms with Gasteiger partial charge in [0.1, 0.15) is 11.1 Å². The summed E-state index contributed by atoms with van der Waals surface area (Å²) in [5, 5.41) is 13.2. The van der Waals surface area contributed by atoms with Crippen molar-refractivity contribution in [2.24, 2.45) is 0 Å². The van der Waals surface area contributed by atoms with Gasteiger partial charge < -0.3 is 5.32 Å². The van der Waals surface area contributed by atoms with Crippen LogP contribution in [0, 0.1) is 25.2 Å². The molecule has 140 valence electrons. The summed E-state index contributed by atoms with van der Waals surface area (Å²) in [6, 6.07) is 10.3. The largest absolute Gasteiger partial charge is 0.326 e. The molecule has 4 nitrogen and oxygen atoms in total. The Kier molecular flexibility index (Phi) is 6.52. The number of aryl methyl sites for hydroxylation is 4. The lowest BCUT2D eigenvalue weighted by Crippen LogP contribution is -2.12. The first-order valence-electron chi connectivity index (χ1n) is 9.49. The van der Waals surface area contributed by atoms with Crippen LogP contribution in [0.5, 0.6) is 0 Å². The third-order valence-corrected chi connectivity index (χ3v) is 5.70. The number of anilines is 1. The molecule has 0 saturated carbocycles.